The molecule has 0 saturated carbocycles. The maximum Gasteiger partial charge on any atom is 0.255 e. The van der Waals surface area contributed by atoms with E-state index in [1.165, 1.54) is 6.26 Å². The van der Waals surface area contributed by atoms with Crippen LogP contribution in [0.3, 0.4) is 0 Å². The van der Waals surface area contributed by atoms with Gasteiger partial charge >= 0.3 is 0 Å². The summed E-state index contributed by atoms with van der Waals surface area (Å²) >= 11 is 0. The van der Waals surface area contributed by atoms with Gasteiger partial charge in [0, 0.05) is 5.56 Å². The number of hydrogen-bond donors (Lipinski definition) is 2. The molecule has 0 aliphatic rings. The number of amides is 2. The fourth-order valence-electron chi connectivity index (χ4n) is 2.04. The van der Waals surface area contributed by atoms with E-state index in [4.69, 9.17) is 8.83 Å². The van der Waals surface area contributed by atoms with Crippen LogP contribution in [0.2, 0.25) is 0 Å². The van der Waals surface area contributed by atoms with Crippen LogP contribution in [0.15, 0.2) is 27.2 Å². The normalized spacial score (nSPS) is 10.4. The Morgan fingerprint density at radius 3 is 2.48 bits per heavy atom. The lowest BCUT2D eigenvalue weighted by Crippen LogP contribution is -2.36. The fourth-order valence-corrected chi connectivity index (χ4v) is 2.04. The summed E-state index contributed by atoms with van der Waals surface area (Å²) in [5.41, 5.74) is 1.28. The number of carbonyl (C=O) groups excluding carboxylic acids is 2. The fraction of sp³-hybridized carbons (Fsp3) is 0.333. The minimum atomic E-state index is -0.310. The van der Waals surface area contributed by atoms with Gasteiger partial charge in [-0.25, -0.2) is 0 Å². The predicted octanol–water partition coefficient (Wildman–Crippen LogP) is 1.84. The van der Waals surface area contributed by atoms with Crippen molar-refractivity contribution in [1.82, 2.24) is 10.6 Å². The van der Waals surface area contributed by atoms with Gasteiger partial charge in [0.15, 0.2) is 0 Å². The van der Waals surface area contributed by atoms with Gasteiger partial charge in [-0.2, -0.15) is 0 Å². The first-order chi connectivity index (χ1) is 9.99. The number of carbonyl (C=O) groups is 2. The molecule has 2 heterocycles. The maximum absolute atomic E-state index is 12.1. The Labute approximate surface area is 122 Å². The largest absolute Gasteiger partial charge is 0.467 e. The molecule has 2 amide bonds. The van der Waals surface area contributed by atoms with E-state index in [1.54, 1.807) is 26.0 Å². The van der Waals surface area contributed by atoms with E-state index >= 15 is 0 Å². The molecule has 0 aliphatic heterocycles. The average Bonchev–Trinajstić information content (AvgIpc) is 3.03. The summed E-state index contributed by atoms with van der Waals surface area (Å²) in [5, 5.41) is 5.24. The van der Waals surface area contributed by atoms with Crippen LogP contribution >= 0.6 is 0 Å². The Kier molecular flexibility index (Phi) is 4.47. The molecule has 0 spiro atoms. The molecule has 2 N–H and O–H groups in total. The summed E-state index contributed by atoms with van der Waals surface area (Å²) in [6, 6.07) is 3.51. The van der Waals surface area contributed by atoms with Crippen LogP contribution in [0.25, 0.3) is 0 Å². The smallest absolute Gasteiger partial charge is 0.255 e. The van der Waals surface area contributed by atoms with Crippen molar-refractivity contribution in [3.8, 4) is 0 Å². The molecule has 112 valence electrons. The topological polar surface area (TPSA) is 84.5 Å². The van der Waals surface area contributed by atoms with E-state index in [1.807, 2.05) is 6.92 Å². The molecule has 6 heteroatoms. The van der Waals surface area contributed by atoms with Crippen LogP contribution in [-0.4, -0.2) is 18.4 Å². The highest BCUT2D eigenvalue weighted by molar-refractivity contribution is 5.98. The van der Waals surface area contributed by atoms with Crippen LogP contribution in [0.5, 0.6) is 0 Å². The highest BCUT2D eigenvalue weighted by Gasteiger charge is 2.18. The van der Waals surface area contributed by atoms with Gasteiger partial charge in [0.05, 0.1) is 24.9 Å². The second-order valence-electron chi connectivity index (χ2n) is 4.75. The van der Waals surface area contributed by atoms with Crippen molar-refractivity contribution in [3.05, 3.63) is 46.8 Å². The Bertz CT molecular complexity index is 641. The zero-order valence-electron chi connectivity index (χ0n) is 12.3. The van der Waals surface area contributed by atoms with E-state index in [9.17, 15) is 9.59 Å². The third-order valence-electron chi connectivity index (χ3n) is 3.24. The number of aryl methyl sites for hydroxylation is 2. The van der Waals surface area contributed by atoms with Gasteiger partial charge in [0.2, 0.25) is 5.91 Å². The zero-order valence-corrected chi connectivity index (χ0v) is 12.3. The molecule has 0 saturated heterocycles. The van der Waals surface area contributed by atoms with E-state index in [0.717, 1.165) is 5.56 Å². The zero-order chi connectivity index (χ0) is 15.4. The van der Waals surface area contributed by atoms with Crippen molar-refractivity contribution in [1.29, 1.82) is 0 Å². The number of hydrogen-bond acceptors (Lipinski definition) is 4. The van der Waals surface area contributed by atoms with Crippen molar-refractivity contribution in [3.63, 3.8) is 0 Å². The van der Waals surface area contributed by atoms with Crippen LogP contribution in [0.4, 0.5) is 0 Å². The third-order valence-corrected chi connectivity index (χ3v) is 3.24. The van der Waals surface area contributed by atoms with Gasteiger partial charge in [-0.15, -0.1) is 0 Å². The molecule has 0 atom stereocenters. The third kappa shape index (κ3) is 3.53. The first kappa shape index (κ1) is 14.9. The van der Waals surface area contributed by atoms with E-state index in [0.29, 0.717) is 29.4 Å². The lowest BCUT2D eigenvalue weighted by molar-refractivity contribution is -0.120. The van der Waals surface area contributed by atoms with Crippen molar-refractivity contribution in [2.45, 2.75) is 27.3 Å². The molecule has 0 bridgehead atoms. The van der Waals surface area contributed by atoms with Crippen LogP contribution in [0, 0.1) is 20.8 Å². The first-order valence-corrected chi connectivity index (χ1v) is 6.63. The predicted molar refractivity (Wildman–Crippen MR) is 75.8 cm³/mol. The molecule has 2 rings (SSSR count). The van der Waals surface area contributed by atoms with Gasteiger partial charge in [0.25, 0.3) is 5.91 Å². The minimum absolute atomic E-state index is 0.0946. The van der Waals surface area contributed by atoms with Gasteiger partial charge in [-0.05, 0) is 32.9 Å². The molecule has 0 aliphatic carbocycles. The number of rotatable bonds is 5. The van der Waals surface area contributed by atoms with E-state index in [-0.39, 0.29) is 18.4 Å². The maximum atomic E-state index is 12.1. The van der Waals surface area contributed by atoms with E-state index < -0.39 is 0 Å². The summed E-state index contributed by atoms with van der Waals surface area (Å²) < 4.78 is 10.5. The second-order valence-corrected chi connectivity index (χ2v) is 4.75. The standard InChI is InChI=1S/C15H18N2O4/c1-9-10(2)21-11(3)14(9)15(19)17-8-13(18)16-7-12-5-4-6-20-12/h4-6H,7-8H2,1-3H3,(H,16,18)(H,17,19). The highest BCUT2D eigenvalue weighted by atomic mass is 16.3. The average molecular weight is 290 g/mol. The number of nitrogens with one attached hydrogen (secondary N) is 2. The molecule has 0 unspecified atom stereocenters. The minimum Gasteiger partial charge on any atom is -0.467 e. The van der Waals surface area contributed by atoms with Gasteiger partial charge < -0.3 is 19.5 Å². The van der Waals surface area contributed by atoms with Crippen LogP contribution < -0.4 is 10.6 Å². The summed E-state index contributed by atoms with van der Waals surface area (Å²) in [5.74, 6) is 1.33. The molecule has 0 radical (unpaired) electrons. The van der Waals surface area contributed by atoms with Crippen molar-refractivity contribution >= 4 is 11.8 Å². The molecular weight excluding hydrogens is 272 g/mol. The first-order valence-electron chi connectivity index (χ1n) is 6.63. The summed E-state index contributed by atoms with van der Waals surface area (Å²) in [6.45, 7) is 5.55. The van der Waals surface area contributed by atoms with Gasteiger partial charge in [0.1, 0.15) is 17.3 Å². The van der Waals surface area contributed by atoms with Crippen molar-refractivity contribution in [2.24, 2.45) is 0 Å². The van der Waals surface area contributed by atoms with Gasteiger partial charge in [-0.1, -0.05) is 0 Å². The van der Waals surface area contributed by atoms with Crippen molar-refractivity contribution < 1.29 is 18.4 Å². The Balaban J connectivity index is 1.84. The Morgan fingerprint density at radius 1 is 1.14 bits per heavy atom. The number of furan rings is 2. The molecule has 0 aromatic carbocycles. The summed E-state index contributed by atoms with van der Waals surface area (Å²) in [7, 11) is 0. The lowest BCUT2D eigenvalue weighted by atomic mass is 10.1. The summed E-state index contributed by atoms with van der Waals surface area (Å²) in [6.07, 6.45) is 1.54. The Morgan fingerprint density at radius 2 is 1.90 bits per heavy atom. The van der Waals surface area contributed by atoms with Gasteiger partial charge in [-0.3, -0.25) is 9.59 Å². The van der Waals surface area contributed by atoms with E-state index in [2.05, 4.69) is 10.6 Å². The second kappa shape index (κ2) is 6.30. The highest BCUT2D eigenvalue weighted by Crippen LogP contribution is 2.20. The molecule has 2 aromatic rings. The Hall–Kier alpha value is -2.50. The monoisotopic (exact) mass is 290 g/mol. The molecule has 21 heavy (non-hydrogen) atoms. The molecule has 2 aromatic heterocycles. The molecule has 6 nitrogen and oxygen atoms in total. The van der Waals surface area contributed by atoms with Crippen LogP contribution in [-0.2, 0) is 11.3 Å². The van der Waals surface area contributed by atoms with Crippen LogP contribution in [0.1, 0.15) is 33.2 Å². The SMILES string of the molecule is Cc1oc(C)c(C(=O)NCC(=O)NCc2ccco2)c1C. The van der Waals surface area contributed by atoms with Crippen molar-refractivity contribution in [2.75, 3.05) is 6.54 Å². The lowest BCUT2D eigenvalue weighted by Gasteiger charge is -2.06. The summed E-state index contributed by atoms with van der Waals surface area (Å²) in [4.78, 5) is 23.7. The quantitative estimate of drug-likeness (QED) is 0.880. The molecular formula is C15H18N2O4. The molecule has 0 fully saturated rings.